The van der Waals surface area contributed by atoms with E-state index in [-0.39, 0.29) is 0 Å². The second kappa shape index (κ2) is 8.36. The fourth-order valence-corrected chi connectivity index (χ4v) is 3.12. The molecule has 2 unspecified atom stereocenters. The molecule has 0 N–H and O–H groups in total. The summed E-state index contributed by atoms with van der Waals surface area (Å²) in [6.07, 6.45) is 10.9. The van der Waals surface area contributed by atoms with Crippen LogP contribution in [0.15, 0.2) is 0 Å². The van der Waals surface area contributed by atoms with Gasteiger partial charge in [0.2, 0.25) is 0 Å². The van der Waals surface area contributed by atoms with Gasteiger partial charge in [-0.3, -0.25) is 0 Å². The van der Waals surface area contributed by atoms with Crippen molar-refractivity contribution in [1.82, 2.24) is 4.90 Å². The molecule has 2 heteroatoms. The maximum absolute atomic E-state index is 5.67. The Morgan fingerprint density at radius 2 is 1.75 bits per heavy atom. The third-order valence-corrected chi connectivity index (χ3v) is 4.29. The van der Waals surface area contributed by atoms with Crippen LogP contribution >= 0.6 is 11.6 Å². The van der Waals surface area contributed by atoms with Crippen LogP contribution in [-0.2, 0) is 0 Å². The molecule has 0 saturated heterocycles. The van der Waals surface area contributed by atoms with E-state index in [0.717, 1.165) is 17.8 Å². The van der Waals surface area contributed by atoms with E-state index in [2.05, 4.69) is 18.9 Å². The van der Waals surface area contributed by atoms with Gasteiger partial charge in [0.15, 0.2) is 0 Å². The molecule has 1 rings (SSSR count). The molecule has 0 aromatic heterocycles. The lowest BCUT2D eigenvalue weighted by Gasteiger charge is -2.36. The Labute approximate surface area is 107 Å². The average Bonchev–Trinajstić information content (AvgIpc) is 2.29. The Morgan fingerprint density at radius 3 is 2.44 bits per heavy atom. The van der Waals surface area contributed by atoms with Crippen molar-refractivity contribution < 1.29 is 0 Å². The Hall–Kier alpha value is 0.250. The first kappa shape index (κ1) is 14.3. The number of nitrogens with zero attached hydrogens (tertiary/aromatic N) is 1. The number of halogens is 1. The summed E-state index contributed by atoms with van der Waals surface area (Å²) in [4.78, 5) is 2.60. The highest BCUT2D eigenvalue weighted by Crippen LogP contribution is 2.27. The van der Waals surface area contributed by atoms with Crippen molar-refractivity contribution in [1.29, 1.82) is 0 Å². The lowest BCUT2D eigenvalue weighted by Crippen LogP contribution is -2.39. The monoisotopic (exact) mass is 245 g/mol. The van der Waals surface area contributed by atoms with Gasteiger partial charge in [-0.05, 0) is 45.2 Å². The fourth-order valence-electron chi connectivity index (χ4n) is 2.93. The minimum atomic E-state index is 0.829. The van der Waals surface area contributed by atoms with E-state index < -0.39 is 0 Å². The Morgan fingerprint density at radius 1 is 1.06 bits per heavy atom. The molecule has 1 nitrogen and oxygen atoms in total. The Balaban J connectivity index is 2.10. The predicted octanol–water partition coefficient (Wildman–Crippen LogP) is 4.30. The smallest absolute Gasteiger partial charge is 0.0223 e. The first-order chi connectivity index (χ1) is 7.75. The van der Waals surface area contributed by atoms with Crippen molar-refractivity contribution in [2.75, 3.05) is 19.5 Å². The topological polar surface area (TPSA) is 3.24 Å². The van der Waals surface area contributed by atoms with Gasteiger partial charge in [0.25, 0.3) is 0 Å². The van der Waals surface area contributed by atoms with Gasteiger partial charge in [0.05, 0.1) is 0 Å². The molecule has 0 heterocycles. The highest BCUT2D eigenvalue weighted by molar-refractivity contribution is 6.17. The van der Waals surface area contributed by atoms with E-state index in [9.17, 15) is 0 Å². The van der Waals surface area contributed by atoms with Gasteiger partial charge in [-0.1, -0.05) is 32.6 Å². The largest absolute Gasteiger partial charge is 0.303 e. The quantitative estimate of drug-likeness (QED) is 0.478. The third kappa shape index (κ3) is 5.05. The van der Waals surface area contributed by atoms with Crippen LogP contribution in [0.1, 0.15) is 58.3 Å². The summed E-state index contributed by atoms with van der Waals surface area (Å²) >= 11 is 5.67. The van der Waals surface area contributed by atoms with Crippen LogP contribution in [0.2, 0.25) is 0 Å². The molecular weight excluding hydrogens is 218 g/mol. The van der Waals surface area contributed by atoms with E-state index >= 15 is 0 Å². The van der Waals surface area contributed by atoms with Gasteiger partial charge < -0.3 is 4.90 Å². The van der Waals surface area contributed by atoms with Gasteiger partial charge in [0, 0.05) is 11.9 Å². The van der Waals surface area contributed by atoms with Crippen LogP contribution in [0.3, 0.4) is 0 Å². The van der Waals surface area contributed by atoms with Crippen LogP contribution in [0.5, 0.6) is 0 Å². The van der Waals surface area contributed by atoms with E-state index in [4.69, 9.17) is 11.6 Å². The minimum Gasteiger partial charge on any atom is -0.303 e. The lowest BCUT2D eigenvalue weighted by molar-refractivity contribution is 0.137. The van der Waals surface area contributed by atoms with E-state index in [0.29, 0.717) is 0 Å². The van der Waals surface area contributed by atoms with Crippen molar-refractivity contribution in [3.63, 3.8) is 0 Å². The summed E-state index contributed by atoms with van der Waals surface area (Å²) in [6, 6.07) is 0.849. The molecule has 0 aliphatic heterocycles. The second-order valence-corrected chi connectivity index (χ2v) is 5.79. The molecule has 0 radical (unpaired) electrons. The molecule has 2 atom stereocenters. The first-order valence-electron chi connectivity index (χ1n) is 7.02. The van der Waals surface area contributed by atoms with Gasteiger partial charge >= 0.3 is 0 Å². The number of hydrogen-bond donors (Lipinski definition) is 0. The average molecular weight is 246 g/mol. The molecule has 0 aromatic rings. The molecule has 1 aliphatic carbocycles. The van der Waals surface area contributed by atoms with Crippen LogP contribution in [0.25, 0.3) is 0 Å². The summed E-state index contributed by atoms with van der Waals surface area (Å²) in [5.41, 5.74) is 0. The molecule has 0 bridgehead atoms. The van der Waals surface area contributed by atoms with E-state index in [1.165, 1.54) is 57.9 Å². The summed E-state index contributed by atoms with van der Waals surface area (Å²) < 4.78 is 0. The molecule has 1 saturated carbocycles. The predicted molar refractivity (Wildman–Crippen MR) is 73.2 cm³/mol. The zero-order chi connectivity index (χ0) is 11.8. The zero-order valence-corrected chi connectivity index (χ0v) is 11.8. The molecule has 16 heavy (non-hydrogen) atoms. The number of alkyl halides is 1. The van der Waals surface area contributed by atoms with Crippen molar-refractivity contribution in [2.45, 2.75) is 64.3 Å². The standard InChI is InChI=1S/C14H28ClN/c1-13-9-5-6-10-14(13)16(2)12-8-4-3-7-11-15/h13-14H,3-12H2,1-2H3. The maximum atomic E-state index is 5.67. The highest BCUT2D eigenvalue weighted by Gasteiger charge is 2.24. The molecule has 96 valence electrons. The van der Waals surface area contributed by atoms with Crippen molar-refractivity contribution >= 4 is 11.6 Å². The fraction of sp³-hybridized carbons (Fsp3) is 1.00. The molecular formula is C14H28ClN. The van der Waals surface area contributed by atoms with Gasteiger partial charge in [-0.2, -0.15) is 0 Å². The summed E-state index contributed by atoms with van der Waals surface area (Å²) in [7, 11) is 2.31. The summed E-state index contributed by atoms with van der Waals surface area (Å²) in [5.74, 6) is 1.73. The van der Waals surface area contributed by atoms with Crippen molar-refractivity contribution in [3.05, 3.63) is 0 Å². The van der Waals surface area contributed by atoms with Gasteiger partial charge in [-0.25, -0.2) is 0 Å². The SMILES string of the molecule is CC1CCCCC1N(C)CCCCCCCl. The minimum absolute atomic E-state index is 0.829. The first-order valence-corrected chi connectivity index (χ1v) is 7.55. The summed E-state index contributed by atoms with van der Waals surface area (Å²) in [6.45, 7) is 3.70. The van der Waals surface area contributed by atoms with E-state index in [1.807, 2.05) is 0 Å². The third-order valence-electron chi connectivity index (χ3n) is 4.03. The number of rotatable bonds is 7. The normalized spacial score (nSPS) is 26.2. The van der Waals surface area contributed by atoms with Crippen LogP contribution in [-0.4, -0.2) is 30.4 Å². The lowest BCUT2D eigenvalue weighted by atomic mass is 9.85. The highest BCUT2D eigenvalue weighted by atomic mass is 35.5. The van der Waals surface area contributed by atoms with Crippen LogP contribution in [0, 0.1) is 5.92 Å². The molecule has 0 aromatic carbocycles. The van der Waals surface area contributed by atoms with Gasteiger partial charge in [0.1, 0.15) is 0 Å². The zero-order valence-electron chi connectivity index (χ0n) is 11.1. The van der Waals surface area contributed by atoms with E-state index in [1.54, 1.807) is 0 Å². The number of hydrogen-bond acceptors (Lipinski definition) is 1. The Kier molecular flexibility index (Phi) is 7.47. The molecule has 1 fully saturated rings. The Bertz CT molecular complexity index is 172. The van der Waals surface area contributed by atoms with Crippen molar-refractivity contribution in [3.8, 4) is 0 Å². The summed E-state index contributed by atoms with van der Waals surface area (Å²) in [5, 5.41) is 0. The molecule has 0 amide bonds. The van der Waals surface area contributed by atoms with Crippen molar-refractivity contribution in [2.24, 2.45) is 5.92 Å². The second-order valence-electron chi connectivity index (χ2n) is 5.41. The van der Waals surface area contributed by atoms with Crippen LogP contribution in [0.4, 0.5) is 0 Å². The van der Waals surface area contributed by atoms with Gasteiger partial charge in [-0.15, -0.1) is 11.6 Å². The van der Waals surface area contributed by atoms with Crippen LogP contribution < -0.4 is 0 Å². The molecule has 0 spiro atoms. The number of unbranched alkanes of at least 4 members (excludes halogenated alkanes) is 3. The maximum Gasteiger partial charge on any atom is 0.0223 e. The molecule has 1 aliphatic rings.